The molecule has 0 spiro atoms. The molecule has 0 amide bonds. The fraction of sp³-hybridized carbons (Fsp3) is 0.538. The number of alkyl halides is 3. The highest BCUT2D eigenvalue weighted by Crippen LogP contribution is 2.22. The number of hydrogen-bond donors (Lipinski definition) is 1. The van der Waals surface area contributed by atoms with E-state index in [0.29, 0.717) is 6.04 Å². The molecule has 1 aromatic rings. The summed E-state index contributed by atoms with van der Waals surface area (Å²) in [4.78, 5) is 0. The highest BCUT2D eigenvalue weighted by Gasteiger charge is 2.30. The third kappa shape index (κ3) is 6.49. The van der Waals surface area contributed by atoms with Crippen LogP contribution in [0.3, 0.4) is 0 Å². The molecule has 0 heterocycles. The molecule has 0 bridgehead atoms. The summed E-state index contributed by atoms with van der Waals surface area (Å²) in [6.07, 6.45) is -2.83. The fourth-order valence-corrected chi connectivity index (χ4v) is 1.54. The van der Waals surface area contributed by atoms with Gasteiger partial charge in [-0.15, -0.1) is 13.2 Å². The molecule has 0 atom stereocenters. The van der Waals surface area contributed by atoms with Gasteiger partial charge >= 0.3 is 6.36 Å². The Morgan fingerprint density at radius 1 is 1.17 bits per heavy atom. The Bertz CT molecular complexity index is 346. The van der Waals surface area contributed by atoms with Gasteiger partial charge in [-0.3, -0.25) is 0 Å². The maximum absolute atomic E-state index is 11.9. The SMILES string of the molecule is CC(C)NCCCc1ccc(OC(F)(F)F)cc1. The summed E-state index contributed by atoms with van der Waals surface area (Å²) in [7, 11) is 0. The van der Waals surface area contributed by atoms with E-state index in [0.717, 1.165) is 24.9 Å². The van der Waals surface area contributed by atoms with Gasteiger partial charge in [0, 0.05) is 6.04 Å². The predicted molar refractivity (Wildman–Crippen MR) is 64.6 cm³/mol. The van der Waals surface area contributed by atoms with Crippen LogP contribution in [0, 0.1) is 0 Å². The van der Waals surface area contributed by atoms with Gasteiger partial charge in [0.15, 0.2) is 0 Å². The Hall–Kier alpha value is -1.23. The minimum Gasteiger partial charge on any atom is -0.406 e. The van der Waals surface area contributed by atoms with Gasteiger partial charge in [-0.1, -0.05) is 26.0 Å². The molecule has 0 radical (unpaired) electrons. The van der Waals surface area contributed by atoms with E-state index >= 15 is 0 Å². The normalized spacial score (nSPS) is 11.9. The van der Waals surface area contributed by atoms with E-state index in [1.807, 2.05) is 0 Å². The fourth-order valence-electron chi connectivity index (χ4n) is 1.54. The van der Waals surface area contributed by atoms with E-state index in [4.69, 9.17) is 0 Å². The Labute approximate surface area is 105 Å². The van der Waals surface area contributed by atoms with Gasteiger partial charge in [-0.05, 0) is 37.1 Å². The first-order valence-corrected chi connectivity index (χ1v) is 5.95. The lowest BCUT2D eigenvalue weighted by Crippen LogP contribution is -2.23. The van der Waals surface area contributed by atoms with Crippen molar-refractivity contribution >= 4 is 0 Å². The van der Waals surface area contributed by atoms with Gasteiger partial charge in [0.2, 0.25) is 0 Å². The van der Waals surface area contributed by atoms with Gasteiger partial charge in [-0.2, -0.15) is 0 Å². The summed E-state index contributed by atoms with van der Waals surface area (Å²) in [6.45, 7) is 5.05. The number of nitrogens with one attached hydrogen (secondary N) is 1. The number of aryl methyl sites for hydroxylation is 1. The second-order valence-electron chi connectivity index (χ2n) is 4.40. The monoisotopic (exact) mass is 261 g/mol. The van der Waals surface area contributed by atoms with Crippen LogP contribution >= 0.6 is 0 Å². The van der Waals surface area contributed by atoms with E-state index < -0.39 is 6.36 Å². The molecule has 0 saturated heterocycles. The van der Waals surface area contributed by atoms with E-state index in [2.05, 4.69) is 23.9 Å². The zero-order valence-corrected chi connectivity index (χ0v) is 10.6. The first-order chi connectivity index (χ1) is 8.37. The number of benzene rings is 1. The van der Waals surface area contributed by atoms with Crippen LogP contribution in [0.2, 0.25) is 0 Å². The average molecular weight is 261 g/mol. The molecule has 0 fully saturated rings. The van der Waals surface area contributed by atoms with Crippen molar-refractivity contribution in [1.29, 1.82) is 0 Å². The summed E-state index contributed by atoms with van der Waals surface area (Å²) >= 11 is 0. The maximum atomic E-state index is 11.9. The van der Waals surface area contributed by atoms with Crippen molar-refractivity contribution in [3.63, 3.8) is 0 Å². The van der Waals surface area contributed by atoms with Crippen LogP contribution in [0.15, 0.2) is 24.3 Å². The van der Waals surface area contributed by atoms with Crippen molar-refractivity contribution in [2.75, 3.05) is 6.54 Å². The lowest BCUT2D eigenvalue weighted by Gasteiger charge is -2.10. The van der Waals surface area contributed by atoms with Crippen LogP contribution in [0.5, 0.6) is 5.75 Å². The van der Waals surface area contributed by atoms with Crippen molar-refractivity contribution in [1.82, 2.24) is 5.32 Å². The molecular weight excluding hydrogens is 243 g/mol. The molecule has 0 aromatic heterocycles. The van der Waals surface area contributed by atoms with E-state index in [1.165, 1.54) is 12.1 Å². The number of hydrogen-bond acceptors (Lipinski definition) is 2. The number of ether oxygens (including phenoxy) is 1. The van der Waals surface area contributed by atoms with Crippen molar-refractivity contribution in [3.05, 3.63) is 29.8 Å². The molecule has 1 rings (SSSR count). The van der Waals surface area contributed by atoms with Crippen molar-refractivity contribution < 1.29 is 17.9 Å². The first kappa shape index (κ1) is 14.8. The van der Waals surface area contributed by atoms with Crippen molar-refractivity contribution in [2.45, 2.75) is 39.1 Å². The van der Waals surface area contributed by atoms with E-state index in [-0.39, 0.29) is 5.75 Å². The summed E-state index contributed by atoms with van der Waals surface area (Å²) in [5, 5.41) is 3.28. The van der Waals surface area contributed by atoms with Crippen LogP contribution in [0.25, 0.3) is 0 Å². The topological polar surface area (TPSA) is 21.3 Å². The number of halogens is 3. The molecule has 5 heteroatoms. The van der Waals surface area contributed by atoms with E-state index in [1.54, 1.807) is 12.1 Å². The third-order valence-corrected chi connectivity index (χ3v) is 2.35. The molecule has 18 heavy (non-hydrogen) atoms. The third-order valence-electron chi connectivity index (χ3n) is 2.35. The average Bonchev–Trinajstić information content (AvgIpc) is 2.24. The second kappa shape index (κ2) is 6.64. The molecule has 0 aliphatic heterocycles. The Morgan fingerprint density at radius 2 is 1.78 bits per heavy atom. The minimum absolute atomic E-state index is 0.174. The molecular formula is C13H18F3NO. The highest BCUT2D eigenvalue weighted by atomic mass is 19.4. The molecule has 0 unspecified atom stereocenters. The van der Waals surface area contributed by atoms with Crippen LogP contribution in [-0.2, 0) is 6.42 Å². The highest BCUT2D eigenvalue weighted by molar-refractivity contribution is 5.27. The standard InChI is InChI=1S/C13H18F3NO/c1-10(2)17-9-3-4-11-5-7-12(8-6-11)18-13(14,15)16/h5-8,10,17H,3-4,9H2,1-2H3. The maximum Gasteiger partial charge on any atom is 0.573 e. The molecule has 0 aliphatic carbocycles. The quantitative estimate of drug-likeness (QED) is 0.791. The molecule has 102 valence electrons. The first-order valence-electron chi connectivity index (χ1n) is 5.95. The van der Waals surface area contributed by atoms with Crippen LogP contribution in [0.4, 0.5) is 13.2 Å². The largest absolute Gasteiger partial charge is 0.573 e. The Balaban J connectivity index is 2.36. The summed E-state index contributed by atoms with van der Waals surface area (Å²) in [5.74, 6) is -0.174. The molecule has 0 aliphatic rings. The van der Waals surface area contributed by atoms with E-state index in [9.17, 15) is 13.2 Å². The summed E-state index contributed by atoms with van der Waals surface area (Å²) in [5.41, 5.74) is 1.01. The Morgan fingerprint density at radius 3 is 2.28 bits per heavy atom. The Kier molecular flexibility index (Phi) is 5.47. The van der Waals surface area contributed by atoms with Gasteiger partial charge in [0.05, 0.1) is 0 Å². The van der Waals surface area contributed by atoms with Gasteiger partial charge in [-0.25, -0.2) is 0 Å². The molecule has 2 nitrogen and oxygen atoms in total. The number of rotatable bonds is 6. The summed E-state index contributed by atoms with van der Waals surface area (Å²) in [6, 6.07) is 6.47. The minimum atomic E-state index is -4.62. The molecule has 1 aromatic carbocycles. The summed E-state index contributed by atoms with van der Waals surface area (Å²) < 4.78 is 39.6. The van der Waals surface area contributed by atoms with Gasteiger partial charge < -0.3 is 10.1 Å². The zero-order chi connectivity index (χ0) is 13.6. The second-order valence-corrected chi connectivity index (χ2v) is 4.40. The van der Waals surface area contributed by atoms with Gasteiger partial charge in [0.1, 0.15) is 5.75 Å². The van der Waals surface area contributed by atoms with Crippen molar-refractivity contribution in [3.8, 4) is 5.75 Å². The lowest BCUT2D eigenvalue weighted by molar-refractivity contribution is -0.274. The van der Waals surface area contributed by atoms with Crippen LogP contribution < -0.4 is 10.1 Å². The lowest BCUT2D eigenvalue weighted by atomic mass is 10.1. The van der Waals surface area contributed by atoms with Gasteiger partial charge in [0.25, 0.3) is 0 Å². The van der Waals surface area contributed by atoms with Crippen LogP contribution in [-0.4, -0.2) is 18.9 Å². The molecule has 1 N–H and O–H groups in total. The zero-order valence-electron chi connectivity index (χ0n) is 10.6. The molecule has 0 saturated carbocycles. The predicted octanol–water partition coefficient (Wildman–Crippen LogP) is 3.52. The smallest absolute Gasteiger partial charge is 0.406 e. The van der Waals surface area contributed by atoms with Crippen LogP contribution in [0.1, 0.15) is 25.8 Å². The van der Waals surface area contributed by atoms with Crippen molar-refractivity contribution in [2.24, 2.45) is 0 Å².